The Labute approximate surface area is 96.6 Å². The van der Waals surface area contributed by atoms with E-state index in [2.05, 4.69) is 24.3 Å². The highest BCUT2D eigenvalue weighted by Gasteiger charge is 2.39. The molecule has 0 amide bonds. The molecule has 0 spiro atoms. The fourth-order valence-corrected chi connectivity index (χ4v) is 3.32. The summed E-state index contributed by atoms with van der Waals surface area (Å²) in [6.45, 7) is 0. The molecule has 1 fully saturated rings. The Bertz CT molecular complexity index is 468. The summed E-state index contributed by atoms with van der Waals surface area (Å²) in [5.41, 5.74) is 5.66. The summed E-state index contributed by atoms with van der Waals surface area (Å²) in [4.78, 5) is 0. The van der Waals surface area contributed by atoms with E-state index >= 15 is 0 Å². The Morgan fingerprint density at radius 2 is 1.94 bits per heavy atom. The van der Waals surface area contributed by atoms with Crippen LogP contribution in [0.15, 0.2) is 30.0 Å². The fourth-order valence-electron chi connectivity index (χ4n) is 3.32. The zero-order chi connectivity index (χ0) is 10.5. The molecular weight excluding hydrogens is 194 g/mol. The minimum atomic E-state index is 0.788. The van der Waals surface area contributed by atoms with Gasteiger partial charge >= 0.3 is 0 Å². The summed E-state index contributed by atoms with van der Waals surface area (Å²) in [5, 5.41) is 4.90. The van der Waals surface area contributed by atoms with Crippen molar-refractivity contribution in [1.82, 2.24) is 5.32 Å². The molecule has 0 saturated heterocycles. The molecule has 1 radical (unpaired) electrons. The van der Waals surface area contributed by atoms with E-state index < -0.39 is 0 Å². The normalized spacial score (nSPS) is 27.4. The van der Waals surface area contributed by atoms with Crippen molar-refractivity contribution >= 4 is 11.3 Å². The molecule has 0 bridgehead atoms. The Morgan fingerprint density at radius 1 is 1.06 bits per heavy atom. The van der Waals surface area contributed by atoms with Gasteiger partial charge in [-0.1, -0.05) is 18.2 Å². The lowest BCUT2D eigenvalue weighted by molar-refractivity contribution is 0.451. The number of rotatable bonds is 1. The number of hydrogen-bond acceptors (Lipinski definition) is 0. The number of benzene rings is 1. The average molecular weight is 210 g/mol. The van der Waals surface area contributed by atoms with Gasteiger partial charge in [-0.3, -0.25) is 5.32 Å². The van der Waals surface area contributed by atoms with Crippen LogP contribution in [0.2, 0.25) is 0 Å². The molecule has 1 nitrogen and oxygen atoms in total. The first-order valence-electron chi connectivity index (χ1n) is 6.47. The molecule has 1 aliphatic heterocycles. The Hall–Kier alpha value is -1.24. The number of allylic oxidation sites excluding steroid dienone is 2. The Kier molecular flexibility index (Phi) is 1.73. The lowest BCUT2D eigenvalue weighted by Crippen LogP contribution is -2.15. The van der Waals surface area contributed by atoms with Crippen LogP contribution in [0.5, 0.6) is 0 Å². The van der Waals surface area contributed by atoms with Gasteiger partial charge in [-0.2, -0.15) is 0 Å². The minimum Gasteiger partial charge on any atom is -0.252 e. The summed E-state index contributed by atoms with van der Waals surface area (Å²) < 4.78 is 0. The van der Waals surface area contributed by atoms with Gasteiger partial charge in [-0.25, -0.2) is 0 Å². The number of para-hydroxylation sites is 1. The molecule has 0 aromatic heterocycles. The van der Waals surface area contributed by atoms with Gasteiger partial charge in [-0.05, 0) is 49.7 Å². The van der Waals surface area contributed by atoms with Gasteiger partial charge in [0.25, 0.3) is 0 Å². The molecular formula is C15H16N. The quantitative estimate of drug-likeness (QED) is 0.668. The first kappa shape index (κ1) is 8.86. The van der Waals surface area contributed by atoms with Crippen molar-refractivity contribution in [2.24, 2.45) is 11.8 Å². The summed E-state index contributed by atoms with van der Waals surface area (Å²) in [7, 11) is 0. The van der Waals surface area contributed by atoms with E-state index in [1.807, 2.05) is 0 Å². The first-order valence-corrected chi connectivity index (χ1v) is 6.47. The van der Waals surface area contributed by atoms with Crippen LogP contribution in [-0.2, 0) is 0 Å². The van der Waals surface area contributed by atoms with Gasteiger partial charge < -0.3 is 0 Å². The van der Waals surface area contributed by atoms with Crippen molar-refractivity contribution in [3.8, 4) is 0 Å². The molecule has 16 heavy (non-hydrogen) atoms. The molecule has 1 unspecified atom stereocenters. The average Bonchev–Trinajstić information content (AvgIpc) is 3.09. The molecule has 1 saturated carbocycles. The molecule has 2 aliphatic carbocycles. The Balaban J connectivity index is 1.79. The third-order valence-electron chi connectivity index (χ3n) is 4.26. The predicted molar refractivity (Wildman–Crippen MR) is 65.2 cm³/mol. The van der Waals surface area contributed by atoms with Crippen molar-refractivity contribution in [3.63, 3.8) is 0 Å². The van der Waals surface area contributed by atoms with Crippen molar-refractivity contribution in [3.05, 3.63) is 35.5 Å². The summed E-state index contributed by atoms with van der Waals surface area (Å²) in [6, 6.07) is 8.66. The standard InChI is InChI=1S/C15H16N/c1-2-7-14-12(4-1)13-6-3-5-11(10-8-9-10)15(13)16-14/h1-2,4,7,10-11H,3,5-6,8-9H2. The van der Waals surface area contributed by atoms with Crippen LogP contribution in [-0.4, -0.2) is 0 Å². The van der Waals surface area contributed by atoms with Crippen molar-refractivity contribution in [2.45, 2.75) is 32.1 Å². The van der Waals surface area contributed by atoms with Crippen LogP contribution in [0, 0.1) is 11.8 Å². The van der Waals surface area contributed by atoms with E-state index in [0.717, 1.165) is 11.8 Å². The van der Waals surface area contributed by atoms with E-state index in [9.17, 15) is 0 Å². The topological polar surface area (TPSA) is 14.1 Å². The number of fused-ring (bicyclic) bond motifs is 2. The molecule has 1 aromatic carbocycles. The van der Waals surface area contributed by atoms with Crippen LogP contribution in [0.25, 0.3) is 5.57 Å². The van der Waals surface area contributed by atoms with Gasteiger partial charge in [0.1, 0.15) is 0 Å². The lowest BCUT2D eigenvalue weighted by atomic mass is 9.83. The zero-order valence-electron chi connectivity index (χ0n) is 9.45. The maximum atomic E-state index is 4.90. The predicted octanol–water partition coefficient (Wildman–Crippen LogP) is 3.86. The van der Waals surface area contributed by atoms with Gasteiger partial charge in [0.05, 0.1) is 5.69 Å². The lowest BCUT2D eigenvalue weighted by Gasteiger charge is -2.23. The minimum absolute atomic E-state index is 0.788. The molecule has 1 atom stereocenters. The van der Waals surface area contributed by atoms with Crippen molar-refractivity contribution in [1.29, 1.82) is 0 Å². The van der Waals surface area contributed by atoms with Crippen LogP contribution in [0.4, 0.5) is 5.69 Å². The van der Waals surface area contributed by atoms with Gasteiger partial charge in [0, 0.05) is 17.2 Å². The number of hydrogen-bond donors (Lipinski definition) is 0. The van der Waals surface area contributed by atoms with Crippen LogP contribution in [0.1, 0.15) is 37.7 Å². The molecule has 81 valence electrons. The molecule has 1 heterocycles. The third kappa shape index (κ3) is 1.17. The summed E-state index contributed by atoms with van der Waals surface area (Å²) in [6.07, 6.45) is 6.87. The van der Waals surface area contributed by atoms with E-state index in [4.69, 9.17) is 5.32 Å². The first-order chi connectivity index (χ1) is 7.93. The molecule has 1 aromatic rings. The van der Waals surface area contributed by atoms with E-state index in [-0.39, 0.29) is 0 Å². The maximum Gasteiger partial charge on any atom is 0.0708 e. The second-order valence-electron chi connectivity index (χ2n) is 5.33. The van der Waals surface area contributed by atoms with E-state index in [1.165, 1.54) is 49.1 Å². The monoisotopic (exact) mass is 210 g/mol. The SMILES string of the molecule is c1ccc2c(c1)[N]C1=C2CCCC1C1CC1. The molecule has 4 rings (SSSR count). The summed E-state index contributed by atoms with van der Waals surface area (Å²) >= 11 is 0. The highest BCUT2D eigenvalue weighted by atomic mass is 14.9. The highest BCUT2D eigenvalue weighted by molar-refractivity contribution is 5.82. The highest BCUT2D eigenvalue weighted by Crippen LogP contribution is 2.51. The fraction of sp³-hybridized carbons (Fsp3) is 0.467. The second-order valence-corrected chi connectivity index (χ2v) is 5.33. The number of nitrogens with zero attached hydrogens (tertiary/aromatic N) is 1. The third-order valence-corrected chi connectivity index (χ3v) is 4.26. The molecule has 3 aliphatic rings. The zero-order valence-corrected chi connectivity index (χ0v) is 9.45. The van der Waals surface area contributed by atoms with Crippen LogP contribution < -0.4 is 5.32 Å². The van der Waals surface area contributed by atoms with Gasteiger partial charge in [0.2, 0.25) is 0 Å². The molecule has 1 heteroatoms. The summed E-state index contributed by atoms with van der Waals surface area (Å²) in [5.74, 6) is 1.75. The second kappa shape index (κ2) is 3.13. The maximum absolute atomic E-state index is 4.90. The van der Waals surface area contributed by atoms with Crippen molar-refractivity contribution in [2.75, 3.05) is 0 Å². The van der Waals surface area contributed by atoms with E-state index in [0.29, 0.717) is 0 Å². The van der Waals surface area contributed by atoms with Crippen LogP contribution in [0.3, 0.4) is 0 Å². The van der Waals surface area contributed by atoms with Gasteiger partial charge in [0.15, 0.2) is 0 Å². The largest absolute Gasteiger partial charge is 0.252 e. The molecule has 0 N–H and O–H groups in total. The van der Waals surface area contributed by atoms with Gasteiger partial charge in [-0.15, -0.1) is 0 Å². The Morgan fingerprint density at radius 3 is 2.81 bits per heavy atom. The van der Waals surface area contributed by atoms with E-state index in [1.54, 1.807) is 5.57 Å². The van der Waals surface area contributed by atoms with Crippen LogP contribution >= 0.6 is 0 Å². The van der Waals surface area contributed by atoms with Crippen molar-refractivity contribution < 1.29 is 0 Å². The smallest absolute Gasteiger partial charge is 0.0708 e.